The number of primary amides is 1. The van der Waals surface area contributed by atoms with Crippen LogP contribution in [0.2, 0.25) is 0 Å². The third-order valence-corrected chi connectivity index (χ3v) is 5.02. The number of amides is 1. The summed E-state index contributed by atoms with van der Waals surface area (Å²) in [5, 5.41) is 5.39. The minimum absolute atomic E-state index is 0.340. The Morgan fingerprint density at radius 1 is 1.38 bits per heavy atom. The van der Waals surface area contributed by atoms with Crippen molar-refractivity contribution in [3.05, 3.63) is 46.2 Å². The zero-order valence-corrected chi connectivity index (χ0v) is 12.7. The standard InChI is InChI=1S/C16H18N2O2S/c1-20-13-6-3-2-5-12(13)18-16(15(17)19)9-4-7-14-11(16)8-10-21-14/h2-3,5-6,8,10,18H,4,7,9H2,1H3,(H2,17,19). The number of thiophene rings is 1. The van der Waals surface area contributed by atoms with Crippen molar-refractivity contribution in [1.29, 1.82) is 0 Å². The molecule has 0 fully saturated rings. The highest BCUT2D eigenvalue weighted by Crippen LogP contribution is 2.42. The number of carbonyl (C=O) groups excluding carboxylic acids is 1. The van der Waals surface area contributed by atoms with Gasteiger partial charge in [-0.1, -0.05) is 12.1 Å². The average Bonchev–Trinajstić information content (AvgIpc) is 2.97. The molecule has 1 heterocycles. The number of nitrogens with one attached hydrogen (secondary N) is 1. The van der Waals surface area contributed by atoms with Gasteiger partial charge in [0, 0.05) is 10.4 Å². The van der Waals surface area contributed by atoms with Crippen molar-refractivity contribution in [2.75, 3.05) is 12.4 Å². The molecular weight excluding hydrogens is 284 g/mol. The molecule has 21 heavy (non-hydrogen) atoms. The highest BCUT2D eigenvalue weighted by molar-refractivity contribution is 7.10. The molecule has 110 valence electrons. The van der Waals surface area contributed by atoms with Gasteiger partial charge >= 0.3 is 0 Å². The second-order valence-corrected chi connectivity index (χ2v) is 6.21. The molecule has 1 amide bonds. The molecule has 5 heteroatoms. The summed E-state index contributed by atoms with van der Waals surface area (Å²) in [7, 11) is 1.62. The molecule has 1 aliphatic carbocycles. The highest BCUT2D eigenvalue weighted by atomic mass is 32.1. The molecular formula is C16H18N2O2S. The number of rotatable bonds is 4. The summed E-state index contributed by atoms with van der Waals surface area (Å²) in [5.74, 6) is 0.369. The number of benzene rings is 1. The van der Waals surface area contributed by atoms with E-state index >= 15 is 0 Å². The first-order chi connectivity index (χ1) is 10.2. The number of fused-ring (bicyclic) bond motifs is 1. The van der Waals surface area contributed by atoms with Crippen molar-refractivity contribution in [3.8, 4) is 5.75 Å². The van der Waals surface area contributed by atoms with Gasteiger partial charge in [-0.25, -0.2) is 0 Å². The number of para-hydroxylation sites is 2. The zero-order valence-electron chi connectivity index (χ0n) is 11.9. The summed E-state index contributed by atoms with van der Waals surface area (Å²) in [6, 6.07) is 9.60. The van der Waals surface area contributed by atoms with Gasteiger partial charge in [-0.05, 0) is 42.8 Å². The summed E-state index contributed by atoms with van der Waals surface area (Å²) < 4.78 is 5.37. The van der Waals surface area contributed by atoms with Crippen LogP contribution in [0, 0.1) is 0 Å². The summed E-state index contributed by atoms with van der Waals surface area (Å²) in [6.45, 7) is 0. The van der Waals surface area contributed by atoms with E-state index in [4.69, 9.17) is 10.5 Å². The van der Waals surface area contributed by atoms with E-state index in [0.29, 0.717) is 12.2 Å². The predicted octanol–water partition coefficient (Wildman–Crippen LogP) is 2.89. The third kappa shape index (κ3) is 2.27. The average molecular weight is 302 g/mol. The number of nitrogens with two attached hydrogens (primary N) is 1. The Balaban J connectivity index is 2.07. The lowest BCUT2D eigenvalue weighted by Gasteiger charge is -2.36. The third-order valence-electron chi connectivity index (χ3n) is 4.04. The van der Waals surface area contributed by atoms with Gasteiger partial charge in [0.1, 0.15) is 11.3 Å². The molecule has 0 aliphatic heterocycles. The number of hydrogen-bond acceptors (Lipinski definition) is 4. The molecule has 1 unspecified atom stereocenters. The van der Waals surface area contributed by atoms with Crippen LogP contribution in [0.4, 0.5) is 5.69 Å². The van der Waals surface area contributed by atoms with E-state index in [0.717, 1.165) is 24.1 Å². The van der Waals surface area contributed by atoms with Crippen LogP contribution in [-0.2, 0) is 16.8 Å². The summed E-state index contributed by atoms with van der Waals surface area (Å²) >= 11 is 1.69. The molecule has 0 saturated heterocycles. The number of hydrogen-bond donors (Lipinski definition) is 2. The van der Waals surface area contributed by atoms with Crippen molar-refractivity contribution in [2.24, 2.45) is 5.73 Å². The summed E-state index contributed by atoms with van der Waals surface area (Å²) in [6.07, 6.45) is 2.65. The Morgan fingerprint density at radius 2 is 2.19 bits per heavy atom. The van der Waals surface area contributed by atoms with Crippen molar-refractivity contribution < 1.29 is 9.53 Å². The Kier molecular flexibility index (Phi) is 3.59. The zero-order chi connectivity index (χ0) is 14.9. The molecule has 2 aromatic rings. The van der Waals surface area contributed by atoms with Gasteiger partial charge in [0.15, 0.2) is 0 Å². The van der Waals surface area contributed by atoms with E-state index in [2.05, 4.69) is 5.32 Å². The van der Waals surface area contributed by atoms with E-state index in [9.17, 15) is 4.79 Å². The lowest BCUT2D eigenvalue weighted by Crippen LogP contribution is -2.49. The van der Waals surface area contributed by atoms with Crippen molar-refractivity contribution in [3.63, 3.8) is 0 Å². The van der Waals surface area contributed by atoms with E-state index in [1.54, 1.807) is 18.4 Å². The molecule has 1 atom stereocenters. The molecule has 1 aliphatic rings. The van der Waals surface area contributed by atoms with Gasteiger partial charge in [-0.2, -0.15) is 0 Å². The Hall–Kier alpha value is -2.01. The molecule has 0 radical (unpaired) electrons. The van der Waals surface area contributed by atoms with Crippen LogP contribution in [0.25, 0.3) is 0 Å². The fourth-order valence-electron chi connectivity index (χ4n) is 2.99. The van der Waals surface area contributed by atoms with E-state index < -0.39 is 5.54 Å². The molecule has 0 spiro atoms. The number of methoxy groups -OCH3 is 1. The van der Waals surface area contributed by atoms with Crippen LogP contribution in [-0.4, -0.2) is 13.0 Å². The maximum absolute atomic E-state index is 12.3. The molecule has 0 saturated carbocycles. The van der Waals surface area contributed by atoms with Gasteiger partial charge in [0.05, 0.1) is 12.8 Å². The van der Waals surface area contributed by atoms with Crippen molar-refractivity contribution in [1.82, 2.24) is 0 Å². The molecule has 3 N–H and O–H groups in total. The first-order valence-corrected chi connectivity index (χ1v) is 7.83. The SMILES string of the molecule is COc1ccccc1NC1(C(N)=O)CCCc2sccc21. The van der Waals surface area contributed by atoms with Gasteiger partial charge in [-0.3, -0.25) is 4.79 Å². The van der Waals surface area contributed by atoms with Crippen LogP contribution >= 0.6 is 11.3 Å². The second-order valence-electron chi connectivity index (χ2n) is 5.21. The minimum atomic E-state index is -0.845. The Morgan fingerprint density at radius 3 is 2.95 bits per heavy atom. The number of carbonyl (C=O) groups is 1. The monoisotopic (exact) mass is 302 g/mol. The fourth-order valence-corrected chi connectivity index (χ4v) is 3.99. The van der Waals surface area contributed by atoms with Crippen LogP contribution in [0.3, 0.4) is 0 Å². The maximum Gasteiger partial charge on any atom is 0.247 e. The fraction of sp³-hybridized carbons (Fsp3) is 0.312. The van der Waals surface area contributed by atoms with Gasteiger partial charge < -0.3 is 15.8 Å². The molecule has 4 nitrogen and oxygen atoms in total. The second kappa shape index (κ2) is 5.41. The van der Waals surface area contributed by atoms with E-state index in [-0.39, 0.29) is 5.91 Å². The lowest BCUT2D eigenvalue weighted by atomic mass is 9.79. The largest absolute Gasteiger partial charge is 0.495 e. The van der Waals surface area contributed by atoms with Crippen molar-refractivity contribution in [2.45, 2.75) is 24.8 Å². The van der Waals surface area contributed by atoms with Crippen LogP contribution in [0.1, 0.15) is 23.3 Å². The number of ether oxygens (including phenoxy) is 1. The van der Waals surface area contributed by atoms with Gasteiger partial charge in [0.25, 0.3) is 0 Å². The minimum Gasteiger partial charge on any atom is -0.495 e. The number of anilines is 1. The molecule has 1 aromatic heterocycles. The first kappa shape index (κ1) is 13.9. The van der Waals surface area contributed by atoms with Gasteiger partial charge in [0.2, 0.25) is 5.91 Å². The van der Waals surface area contributed by atoms with Crippen LogP contribution in [0.15, 0.2) is 35.7 Å². The highest BCUT2D eigenvalue weighted by Gasteiger charge is 2.43. The molecule has 1 aromatic carbocycles. The number of aryl methyl sites for hydroxylation is 1. The van der Waals surface area contributed by atoms with Crippen LogP contribution in [0.5, 0.6) is 5.75 Å². The lowest BCUT2D eigenvalue weighted by molar-refractivity contribution is -0.123. The molecule has 0 bridgehead atoms. The Bertz CT molecular complexity index is 668. The smallest absolute Gasteiger partial charge is 0.247 e. The molecule has 3 rings (SSSR count). The van der Waals surface area contributed by atoms with Crippen molar-refractivity contribution >= 4 is 22.9 Å². The normalized spacial score (nSPS) is 20.6. The Labute approximate surface area is 127 Å². The van der Waals surface area contributed by atoms with Gasteiger partial charge in [-0.15, -0.1) is 11.3 Å². The quantitative estimate of drug-likeness (QED) is 0.912. The summed E-state index contributed by atoms with van der Waals surface area (Å²) in [4.78, 5) is 13.5. The first-order valence-electron chi connectivity index (χ1n) is 6.95. The summed E-state index contributed by atoms with van der Waals surface area (Å²) in [5.41, 5.74) is 6.73. The topological polar surface area (TPSA) is 64.3 Å². The van der Waals surface area contributed by atoms with E-state index in [1.165, 1.54) is 4.88 Å². The van der Waals surface area contributed by atoms with Crippen LogP contribution < -0.4 is 15.8 Å². The predicted molar refractivity (Wildman–Crippen MR) is 84.7 cm³/mol. The maximum atomic E-state index is 12.3. The van der Waals surface area contributed by atoms with E-state index in [1.807, 2.05) is 35.7 Å².